The number of hydrogen-bond donors (Lipinski definition) is 2. The van der Waals surface area contributed by atoms with Gasteiger partial charge in [0.2, 0.25) is 5.91 Å². The van der Waals surface area contributed by atoms with Gasteiger partial charge in [0.05, 0.1) is 11.8 Å². The van der Waals surface area contributed by atoms with E-state index in [-0.39, 0.29) is 11.5 Å². The Labute approximate surface area is 121 Å². The lowest BCUT2D eigenvalue weighted by Crippen LogP contribution is -2.09. The van der Waals surface area contributed by atoms with E-state index in [9.17, 15) is 9.59 Å². The minimum absolute atomic E-state index is 0.191. The second kappa shape index (κ2) is 6.04. The van der Waals surface area contributed by atoms with Gasteiger partial charge in [0.15, 0.2) is 0 Å². The molecule has 1 amide bonds. The maximum Gasteiger partial charge on any atom is 0.335 e. The van der Waals surface area contributed by atoms with Crippen molar-refractivity contribution in [1.29, 1.82) is 0 Å². The molecule has 2 rings (SSSR count). The number of aromatic carboxylic acids is 1. The second-order valence-corrected chi connectivity index (χ2v) is 4.60. The quantitative estimate of drug-likeness (QED) is 0.842. The number of nitrogens with one attached hydrogen (secondary N) is 1. The minimum Gasteiger partial charge on any atom is -0.478 e. The molecule has 6 heteroatoms. The van der Waals surface area contributed by atoms with Gasteiger partial charge in [0.1, 0.15) is 0 Å². The first-order chi connectivity index (χ1) is 9.95. The van der Waals surface area contributed by atoms with E-state index in [1.54, 1.807) is 43.2 Å². The summed E-state index contributed by atoms with van der Waals surface area (Å²) in [5.74, 6) is -1.28. The number of aromatic nitrogens is 2. The number of amides is 1. The first-order valence-electron chi connectivity index (χ1n) is 6.27. The fourth-order valence-electron chi connectivity index (χ4n) is 1.81. The average molecular weight is 285 g/mol. The number of anilines is 1. The molecule has 6 nitrogen and oxygen atoms in total. The zero-order valence-corrected chi connectivity index (χ0v) is 11.7. The predicted octanol–water partition coefficient (Wildman–Crippen LogP) is 2.08. The summed E-state index contributed by atoms with van der Waals surface area (Å²) in [5, 5.41) is 15.6. The Balaban J connectivity index is 2.06. The highest BCUT2D eigenvalue weighted by molar-refractivity contribution is 6.02. The van der Waals surface area contributed by atoms with Gasteiger partial charge in [0.25, 0.3) is 0 Å². The smallest absolute Gasteiger partial charge is 0.335 e. The molecule has 0 atom stereocenters. The van der Waals surface area contributed by atoms with Crippen molar-refractivity contribution in [2.24, 2.45) is 7.05 Å². The summed E-state index contributed by atoms with van der Waals surface area (Å²) in [6.07, 6.45) is 6.50. The highest BCUT2D eigenvalue weighted by atomic mass is 16.4. The number of hydrogen-bond acceptors (Lipinski definition) is 3. The van der Waals surface area contributed by atoms with Crippen LogP contribution in [0.1, 0.15) is 21.5 Å². The van der Waals surface area contributed by atoms with Gasteiger partial charge >= 0.3 is 5.97 Å². The topological polar surface area (TPSA) is 84.2 Å². The third-order valence-electron chi connectivity index (χ3n) is 2.88. The Morgan fingerprint density at radius 2 is 2.14 bits per heavy atom. The van der Waals surface area contributed by atoms with E-state index in [2.05, 4.69) is 10.4 Å². The molecule has 1 aromatic carbocycles. The molecule has 0 bridgehead atoms. The Bertz CT molecular complexity index is 717. The zero-order valence-electron chi connectivity index (χ0n) is 11.7. The van der Waals surface area contributed by atoms with E-state index in [0.717, 1.165) is 5.56 Å². The number of carboxylic acids is 1. The lowest BCUT2D eigenvalue weighted by atomic mass is 10.1. The molecule has 2 aromatic rings. The number of rotatable bonds is 4. The van der Waals surface area contributed by atoms with Crippen LogP contribution < -0.4 is 5.32 Å². The zero-order chi connectivity index (χ0) is 15.4. The number of aryl methyl sites for hydroxylation is 2. The number of nitrogens with zero attached hydrogens (tertiary/aromatic N) is 2. The van der Waals surface area contributed by atoms with Crippen LogP contribution in [0.4, 0.5) is 5.69 Å². The van der Waals surface area contributed by atoms with E-state index in [4.69, 9.17) is 5.11 Å². The Hall–Kier alpha value is -2.89. The summed E-state index contributed by atoms with van der Waals surface area (Å²) < 4.78 is 1.65. The van der Waals surface area contributed by atoms with Crippen LogP contribution in [0.3, 0.4) is 0 Å². The van der Waals surface area contributed by atoms with Gasteiger partial charge in [-0.05, 0) is 36.8 Å². The third-order valence-corrected chi connectivity index (χ3v) is 2.88. The molecule has 2 N–H and O–H groups in total. The van der Waals surface area contributed by atoms with Crippen LogP contribution in [0.25, 0.3) is 6.08 Å². The van der Waals surface area contributed by atoms with Crippen molar-refractivity contribution in [1.82, 2.24) is 9.78 Å². The minimum atomic E-state index is -0.993. The molecule has 0 radical (unpaired) electrons. The molecule has 0 aliphatic carbocycles. The first kappa shape index (κ1) is 14.5. The van der Waals surface area contributed by atoms with E-state index in [1.807, 2.05) is 0 Å². The molecule has 0 saturated carbocycles. The van der Waals surface area contributed by atoms with Gasteiger partial charge in [-0.1, -0.05) is 0 Å². The van der Waals surface area contributed by atoms with Crippen LogP contribution in [0, 0.1) is 6.92 Å². The highest BCUT2D eigenvalue weighted by Crippen LogP contribution is 2.16. The summed E-state index contributed by atoms with van der Waals surface area (Å²) in [4.78, 5) is 22.7. The van der Waals surface area contributed by atoms with E-state index in [0.29, 0.717) is 11.3 Å². The molecule has 0 saturated heterocycles. The van der Waals surface area contributed by atoms with E-state index in [1.165, 1.54) is 18.2 Å². The van der Waals surface area contributed by atoms with Crippen LogP contribution in [0.15, 0.2) is 36.7 Å². The molecule has 1 aromatic heterocycles. The molecule has 0 aliphatic rings. The molecule has 21 heavy (non-hydrogen) atoms. The number of benzene rings is 1. The van der Waals surface area contributed by atoms with Crippen molar-refractivity contribution >= 4 is 23.6 Å². The fraction of sp³-hybridized carbons (Fsp3) is 0.133. The van der Waals surface area contributed by atoms with Crippen LogP contribution in [-0.2, 0) is 11.8 Å². The molecule has 0 aliphatic heterocycles. The van der Waals surface area contributed by atoms with Crippen LogP contribution >= 0.6 is 0 Å². The van der Waals surface area contributed by atoms with Gasteiger partial charge in [-0.3, -0.25) is 9.48 Å². The standard InChI is InChI=1S/C15H15N3O3/c1-10-7-12(15(20)21)4-5-13(10)17-14(19)6-3-11-8-16-18(2)9-11/h3-9H,1-2H3,(H,17,19)(H,20,21)/b6-3+. The van der Waals surface area contributed by atoms with Crippen molar-refractivity contribution in [2.75, 3.05) is 5.32 Å². The lowest BCUT2D eigenvalue weighted by molar-refractivity contribution is -0.111. The van der Waals surface area contributed by atoms with E-state index < -0.39 is 5.97 Å². The van der Waals surface area contributed by atoms with Crippen LogP contribution in [-0.4, -0.2) is 26.8 Å². The normalized spacial score (nSPS) is 10.8. The Kier molecular flexibility index (Phi) is 4.18. The molecule has 0 unspecified atom stereocenters. The summed E-state index contributed by atoms with van der Waals surface area (Å²) in [6.45, 7) is 1.74. The van der Waals surface area contributed by atoms with Crippen molar-refractivity contribution in [2.45, 2.75) is 6.92 Å². The van der Waals surface area contributed by atoms with Gasteiger partial charge in [-0.25, -0.2) is 4.79 Å². The molecule has 1 heterocycles. The van der Waals surface area contributed by atoms with Gasteiger partial charge in [-0.15, -0.1) is 0 Å². The second-order valence-electron chi connectivity index (χ2n) is 4.60. The maximum absolute atomic E-state index is 11.8. The third kappa shape index (κ3) is 3.79. The van der Waals surface area contributed by atoms with E-state index >= 15 is 0 Å². The van der Waals surface area contributed by atoms with Gasteiger partial charge < -0.3 is 10.4 Å². The van der Waals surface area contributed by atoms with Crippen LogP contribution in [0.2, 0.25) is 0 Å². The molecular formula is C15H15N3O3. The molecule has 0 fully saturated rings. The molecular weight excluding hydrogens is 270 g/mol. The SMILES string of the molecule is Cc1cc(C(=O)O)ccc1NC(=O)/C=C/c1cnn(C)c1. The number of carboxylic acid groups (broad SMARTS) is 1. The molecule has 0 spiro atoms. The summed E-state index contributed by atoms with van der Waals surface area (Å²) in [5.41, 5.74) is 2.29. The van der Waals surface area contributed by atoms with Gasteiger partial charge in [0, 0.05) is 30.6 Å². The highest BCUT2D eigenvalue weighted by Gasteiger charge is 2.07. The maximum atomic E-state index is 11.8. The van der Waals surface area contributed by atoms with Crippen molar-refractivity contribution in [3.05, 3.63) is 53.4 Å². The first-order valence-corrected chi connectivity index (χ1v) is 6.27. The average Bonchev–Trinajstić information content (AvgIpc) is 2.84. The van der Waals surface area contributed by atoms with Crippen LogP contribution in [0.5, 0.6) is 0 Å². The van der Waals surface area contributed by atoms with Gasteiger partial charge in [-0.2, -0.15) is 5.10 Å². The number of carbonyl (C=O) groups is 2. The number of carbonyl (C=O) groups excluding carboxylic acids is 1. The van der Waals surface area contributed by atoms with Crippen molar-refractivity contribution in [3.8, 4) is 0 Å². The Morgan fingerprint density at radius 1 is 1.38 bits per heavy atom. The molecule has 108 valence electrons. The summed E-state index contributed by atoms with van der Waals surface area (Å²) in [7, 11) is 1.80. The largest absolute Gasteiger partial charge is 0.478 e. The fourth-order valence-corrected chi connectivity index (χ4v) is 1.81. The summed E-state index contributed by atoms with van der Waals surface area (Å²) >= 11 is 0. The monoisotopic (exact) mass is 285 g/mol. The predicted molar refractivity (Wildman–Crippen MR) is 79.0 cm³/mol. The summed E-state index contributed by atoms with van der Waals surface area (Å²) in [6, 6.07) is 4.55. The van der Waals surface area contributed by atoms with Crippen molar-refractivity contribution < 1.29 is 14.7 Å². The lowest BCUT2D eigenvalue weighted by Gasteiger charge is -2.07. The Morgan fingerprint density at radius 3 is 2.71 bits per heavy atom. The van der Waals surface area contributed by atoms with Crippen molar-refractivity contribution in [3.63, 3.8) is 0 Å².